The summed E-state index contributed by atoms with van der Waals surface area (Å²) in [4.78, 5) is 0.0212. The molecule has 1 aliphatic carbocycles. The van der Waals surface area contributed by atoms with Crippen molar-refractivity contribution in [2.75, 3.05) is 5.73 Å². The number of nitrogens with two attached hydrogens (primary N) is 1. The first kappa shape index (κ1) is 15.3. The first-order chi connectivity index (χ1) is 9.40. The molecule has 0 aromatic heterocycles. The van der Waals surface area contributed by atoms with Crippen LogP contribution in [0.25, 0.3) is 0 Å². The zero-order chi connectivity index (χ0) is 14.8. The van der Waals surface area contributed by atoms with Crippen LogP contribution < -0.4 is 10.5 Å². The third-order valence-corrected chi connectivity index (χ3v) is 5.43. The quantitative estimate of drug-likeness (QED) is 0.666. The van der Waals surface area contributed by atoms with Gasteiger partial charge in [-0.2, -0.15) is 0 Å². The molecule has 0 spiro atoms. The summed E-state index contributed by atoms with van der Waals surface area (Å²) in [7, 11) is -3.64. The molecule has 1 aliphatic rings. The van der Waals surface area contributed by atoms with Gasteiger partial charge in [0, 0.05) is 6.04 Å². The fourth-order valence-corrected chi connectivity index (χ4v) is 4.04. The average Bonchev–Trinajstić information content (AvgIpc) is 2.58. The van der Waals surface area contributed by atoms with Crippen molar-refractivity contribution in [1.82, 2.24) is 4.72 Å². The summed E-state index contributed by atoms with van der Waals surface area (Å²) in [6, 6.07) is 3.43. The molecule has 2 atom stereocenters. The third-order valence-electron chi connectivity index (χ3n) is 3.95. The van der Waals surface area contributed by atoms with Gasteiger partial charge in [0.05, 0.1) is 10.6 Å². The van der Waals surface area contributed by atoms with E-state index >= 15 is 0 Å². The fourth-order valence-electron chi connectivity index (χ4n) is 2.62. The maximum Gasteiger partial charge on any atom is 0.240 e. The van der Waals surface area contributed by atoms with E-state index in [0.717, 1.165) is 38.2 Å². The van der Waals surface area contributed by atoms with E-state index in [-0.39, 0.29) is 16.6 Å². The molecular weight excluding hydrogens is 279 g/mol. The van der Waals surface area contributed by atoms with Crippen LogP contribution >= 0.6 is 0 Å². The zero-order valence-corrected chi connectivity index (χ0v) is 12.4. The molecule has 1 aromatic rings. The van der Waals surface area contributed by atoms with Crippen molar-refractivity contribution in [1.29, 1.82) is 0 Å². The molecule has 20 heavy (non-hydrogen) atoms. The number of hydrogen-bond acceptors (Lipinski definition) is 3. The van der Waals surface area contributed by atoms with Gasteiger partial charge in [-0.25, -0.2) is 17.5 Å². The van der Waals surface area contributed by atoms with Gasteiger partial charge < -0.3 is 5.73 Å². The minimum Gasteiger partial charge on any atom is -0.396 e. The van der Waals surface area contributed by atoms with E-state index in [1.54, 1.807) is 0 Å². The lowest BCUT2D eigenvalue weighted by Gasteiger charge is -2.22. The van der Waals surface area contributed by atoms with Crippen molar-refractivity contribution in [3.63, 3.8) is 0 Å². The van der Waals surface area contributed by atoms with Gasteiger partial charge in [0.15, 0.2) is 0 Å². The van der Waals surface area contributed by atoms with Gasteiger partial charge in [0.25, 0.3) is 0 Å². The molecule has 0 amide bonds. The second-order valence-corrected chi connectivity index (χ2v) is 7.24. The van der Waals surface area contributed by atoms with Crippen molar-refractivity contribution in [3.8, 4) is 0 Å². The Balaban J connectivity index is 2.19. The minimum absolute atomic E-state index is 0.0212. The minimum atomic E-state index is -3.64. The van der Waals surface area contributed by atoms with Gasteiger partial charge in [-0.15, -0.1) is 0 Å². The summed E-state index contributed by atoms with van der Waals surface area (Å²) in [6.45, 7) is 2.07. The van der Waals surface area contributed by atoms with Crippen LogP contribution in [-0.4, -0.2) is 14.5 Å². The van der Waals surface area contributed by atoms with Crippen LogP contribution in [0.2, 0.25) is 0 Å². The van der Waals surface area contributed by atoms with Crippen LogP contribution in [0.4, 0.5) is 10.1 Å². The van der Waals surface area contributed by atoms with Crippen molar-refractivity contribution in [2.45, 2.75) is 50.0 Å². The van der Waals surface area contributed by atoms with Crippen LogP contribution in [0.1, 0.15) is 39.0 Å². The van der Waals surface area contributed by atoms with Gasteiger partial charge in [-0.05, 0) is 37.0 Å². The van der Waals surface area contributed by atoms with Gasteiger partial charge in [0.2, 0.25) is 10.0 Å². The van der Waals surface area contributed by atoms with Gasteiger partial charge in [0.1, 0.15) is 5.82 Å². The smallest absolute Gasteiger partial charge is 0.240 e. The highest BCUT2D eigenvalue weighted by Gasteiger charge is 2.26. The van der Waals surface area contributed by atoms with Crippen LogP contribution in [0, 0.1) is 11.7 Å². The Morgan fingerprint density at radius 1 is 1.25 bits per heavy atom. The monoisotopic (exact) mass is 300 g/mol. The van der Waals surface area contributed by atoms with E-state index in [1.807, 2.05) is 0 Å². The lowest BCUT2D eigenvalue weighted by atomic mass is 9.98. The second kappa shape index (κ2) is 6.10. The van der Waals surface area contributed by atoms with Crippen molar-refractivity contribution < 1.29 is 12.8 Å². The molecule has 1 saturated carbocycles. The summed E-state index contributed by atoms with van der Waals surface area (Å²) < 4.78 is 40.5. The molecule has 112 valence electrons. The Morgan fingerprint density at radius 3 is 2.65 bits per heavy atom. The molecule has 1 aromatic carbocycles. The number of nitrogen functional groups attached to an aromatic ring is 1. The second-order valence-electron chi connectivity index (χ2n) is 5.53. The topological polar surface area (TPSA) is 72.2 Å². The fraction of sp³-hybridized carbons (Fsp3) is 0.571. The van der Waals surface area contributed by atoms with E-state index < -0.39 is 15.8 Å². The number of anilines is 1. The molecule has 4 nitrogen and oxygen atoms in total. The molecule has 0 aliphatic heterocycles. The van der Waals surface area contributed by atoms with Crippen molar-refractivity contribution >= 4 is 15.7 Å². The number of hydrogen-bond donors (Lipinski definition) is 2. The largest absolute Gasteiger partial charge is 0.396 e. The highest BCUT2D eigenvalue weighted by atomic mass is 32.2. The average molecular weight is 300 g/mol. The molecular formula is C14H21FN2O2S. The molecule has 0 radical (unpaired) electrons. The molecule has 0 heterocycles. The molecule has 3 N–H and O–H groups in total. The van der Waals surface area contributed by atoms with E-state index in [2.05, 4.69) is 11.6 Å². The summed E-state index contributed by atoms with van der Waals surface area (Å²) in [5.74, 6) is -0.295. The maximum absolute atomic E-state index is 13.1. The van der Waals surface area contributed by atoms with Gasteiger partial charge in [-0.1, -0.05) is 26.2 Å². The predicted octanol–water partition coefficient (Wildman–Crippen LogP) is 2.66. The molecule has 2 rings (SSSR count). The Labute approximate surface area is 119 Å². The molecule has 1 fully saturated rings. The van der Waals surface area contributed by atoms with Crippen LogP contribution in [0.5, 0.6) is 0 Å². The number of benzene rings is 1. The SMILES string of the molecule is CC1CCCCCC1NS(=O)(=O)c1ccc(F)c(N)c1. The third kappa shape index (κ3) is 3.49. The van der Waals surface area contributed by atoms with E-state index in [0.29, 0.717) is 5.92 Å². The normalized spacial score (nSPS) is 24.3. The highest BCUT2D eigenvalue weighted by Crippen LogP contribution is 2.25. The predicted molar refractivity (Wildman–Crippen MR) is 77.2 cm³/mol. The lowest BCUT2D eigenvalue weighted by Crippen LogP contribution is -2.38. The number of rotatable bonds is 3. The van der Waals surface area contributed by atoms with E-state index in [4.69, 9.17) is 5.73 Å². The molecule has 0 saturated heterocycles. The Kier molecular flexibility index (Phi) is 4.65. The number of halogens is 1. The maximum atomic E-state index is 13.1. The highest BCUT2D eigenvalue weighted by molar-refractivity contribution is 7.89. The summed E-state index contributed by atoms with van der Waals surface area (Å²) in [6.07, 6.45) is 5.19. The lowest BCUT2D eigenvalue weighted by molar-refractivity contribution is 0.399. The number of sulfonamides is 1. The first-order valence-electron chi connectivity index (χ1n) is 6.97. The molecule has 2 unspecified atom stereocenters. The van der Waals surface area contributed by atoms with Crippen molar-refractivity contribution in [3.05, 3.63) is 24.0 Å². The standard InChI is InChI=1S/C14H21FN2O2S/c1-10-5-3-2-4-6-14(10)17-20(18,19)11-7-8-12(15)13(16)9-11/h7-10,14,17H,2-6,16H2,1H3. The molecule has 6 heteroatoms. The van der Waals surface area contributed by atoms with E-state index in [9.17, 15) is 12.8 Å². The van der Waals surface area contributed by atoms with Crippen LogP contribution in [-0.2, 0) is 10.0 Å². The Morgan fingerprint density at radius 2 is 1.95 bits per heavy atom. The summed E-state index contributed by atoms with van der Waals surface area (Å²) in [5, 5.41) is 0. The first-order valence-corrected chi connectivity index (χ1v) is 8.46. The zero-order valence-electron chi connectivity index (χ0n) is 11.6. The number of nitrogens with one attached hydrogen (secondary N) is 1. The van der Waals surface area contributed by atoms with Gasteiger partial charge >= 0.3 is 0 Å². The Hall–Kier alpha value is -1.14. The van der Waals surface area contributed by atoms with Crippen molar-refractivity contribution in [2.24, 2.45) is 5.92 Å². The van der Waals surface area contributed by atoms with Crippen LogP contribution in [0.15, 0.2) is 23.1 Å². The van der Waals surface area contributed by atoms with E-state index in [1.165, 1.54) is 12.1 Å². The molecule has 0 bridgehead atoms. The van der Waals surface area contributed by atoms with Crippen LogP contribution in [0.3, 0.4) is 0 Å². The summed E-state index contributed by atoms with van der Waals surface area (Å²) >= 11 is 0. The Bertz CT molecular complexity index is 575. The van der Waals surface area contributed by atoms with Gasteiger partial charge in [-0.3, -0.25) is 0 Å². The summed E-state index contributed by atoms with van der Waals surface area (Å²) in [5.41, 5.74) is 5.28.